The number of carbonyl (C=O) groups is 2. The number of thioether (sulfide) groups is 1. The zero-order valence-electron chi connectivity index (χ0n) is 17.0. The van der Waals surface area contributed by atoms with Crippen LogP contribution in [0.1, 0.15) is 39.7 Å². The molecule has 1 aliphatic rings. The summed E-state index contributed by atoms with van der Waals surface area (Å²) in [5, 5.41) is 10.8. The topological polar surface area (TPSA) is 94.4 Å². The van der Waals surface area contributed by atoms with Gasteiger partial charge in [-0.1, -0.05) is 18.7 Å². The lowest BCUT2D eigenvalue weighted by atomic mass is 10.1. The number of amides is 1. The van der Waals surface area contributed by atoms with E-state index in [1.165, 1.54) is 0 Å². The smallest absolute Gasteiger partial charge is 0.344 e. The Balaban J connectivity index is 2.50. The lowest BCUT2D eigenvalue weighted by Crippen LogP contribution is -2.14. The molecule has 0 aromatic heterocycles. The van der Waals surface area contributed by atoms with E-state index in [9.17, 15) is 14.7 Å². The van der Waals surface area contributed by atoms with Crippen LogP contribution in [0.25, 0.3) is 6.08 Å². The van der Waals surface area contributed by atoms with Crippen LogP contribution in [0.3, 0.4) is 0 Å². The predicted octanol–water partition coefficient (Wildman–Crippen LogP) is 4.28. The van der Waals surface area contributed by atoms with Gasteiger partial charge in [0.15, 0.2) is 0 Å². The quantitative estimate of drug-likeness (QED) is 0.628. The molecule has 0 saturated carbocycles. The largest absolute Gasteiger partial charge is 0.506 e. The summed E-state index contributed by atoms with van der Waals surface area (Å²) >= 11 is 1.04. The Hall–Kier alpha value is -2.74. The Kier molecular flexibility index (Phi) is 8.33. The Labute approximate surface area is 174 Å². The first-order valence-electron chi connectivity index (χ1n) is 9.46. The molecule has 1 amide bonds. The molecule has 0 aliphatic carbocycles. The van der Waals surface area contributed by atoms with Gasteiger partial charge in [0.05, 0.1) is 24.7 Å². The van der Waals surface area contributed by atoms with Crippen molar-refractivity contribution < 1.29 is 28.9 Å². The van der Waals surface area contributed by atoms with Crippen molar-refractivity contribution in [3.05, 3.63) is 40.0 Å². The molecule has 0 radical (unpaired) electrons. The molecule has 0 unspecified atom stereocenters. The minimum absolute atomic E-state index is 0.103. The summed E-state index contributed by atoms with van der Waals surface area (Å²) in [4.78, 5) is 28.4. The highest BCUT2D eigenvalue weighted by Crippen LogP contribution is 2.40. The van der Waals surface area contributed by atoms with Gasteiger partial charge in [-0.3, -0.25) is 4.79 Å². The standard InChI is InChI=1S/C21H25NO6S/c1-5-17(23)22-20-18(21(25)28-8-4)19(24)16(29-20)11-13-9-10-14(26-6-2)12-15(13)27-7-3/h9-12,24H,5-8H2,1-4H3/b16-11-,22-20?. The van der Waals surface area contributed by atoms with Crippen molar-refractivity contribution in [3.63, 3.8) is 0 Å². The number of benzene rings is 1. The molecular formula is C21H25NO6S. The molecule has 1 N–H and O–H groups in total. The molecule has 2 rings (SSSR count). The van der Waals surface area contributed by atoms with Gasteiger partial charge >= 0.3 is 5.97 Å². The van der Waals surface area contributed by atoms with Gasteiger partial charge in [0.1, 0.15) is 27.9 Å². The number of rotatable bonds is 8. The minimum Gasteiger partial charge on any atom is -0.506 e. The number of aliphatic hydroxyl groups excluding tert-OH is 1. The second kappa shape index (κ2) is 10.7. The summed E-state index contributed by atoms with van der Waals surface area (Å²) in [6.45, 7) is 8.21. The van der Waals surface area contributed by atoms with Crippen LogP contribution >= 0.6 is 11.8 Å². The molecule has 8 heteroatoms. The van der Waals surface area contributed by atoms with Crippen LogP contribution in [-0.4, -0.2) is 41.8 Å². The summed E-state index contributed by atoms with van der Waals surface area (Å²) in [6.07, 6.45) is 1.87. The van der Waals surface area contributed by atoms with Crippen molar-refractivity contribution in [3.8, 4) is 11.5 Å². The summed E-state index contributed by atoms with van der Waals surface area (Å²) in [6, 6.07) is 5.36. The number of aliphatic hydroxyl groups is 1. The van der Waals surface area contributed by atoms with Gasteiger partial charge in [-0.2, -0.15) is 0 Å². The molecule has 1 aromatic rings. The fraction of sp³-hybridized carbons (Fsp3) is 0.381. The van der Waals surface area contributed by atoms with E-state index >= 15 is 0 Å². The SMILES string of the molecule is CCOC(=O)C1=C(O)/C(=C/c2ccc(OCC)cc2OCC)SC1=NC(=O)CC. The number of hydrogen-bond acceptors (Lipinski definition) is 7. The Morgan fingerprint density at radius 3 is 2.45 bits per heavy atom. The molecule has 0 spiro atoms. The van der Waals surface area contributed by atoms with Gasteiger partial charge < -0.3 is 19.3 Å². The van der Waals surface area contributed by atoms with Gasteiger partial charge in [0.25, 0.3) is 0 Å². The van der Waals surface area contributed by atoms with Crippen LogP contribution in [0, 0.1) is 0 Å². The second-order valence-electron chi connectivity index (χ2n) is 5.78. The first-order chi connectivity index (χ1) is 13.9. The van der Waals surface area contributed by atoms with Gasteiger partial charge in [0.2, 0.25) is 5.91 Å². The van der Waals surface area contributed by atoms with Crippen molar-refractivity contribution >= 4 is 34.8 Å². The summed E-state index contributed by atoms with van der Waals surface area (Å²) in [5.41, 5.74) is 0.587. The minimum atomic E-state index is -0.722. The number of hydrogen-bond donors (Lipinski definition) is 1. The summed E-state index contributed by atoms with van der Waals surface area (Å²) in [5.74, 6) is -0.140. The van der Waals surface area contributed by atoms with Crippen molar-refractivity contribution in [2.24, 2.45) is 4.99 Å². The average Bonchev–Trinajstić information content (AvgIpc) is 2.99. The van der Waals surface area contributed by atoms with E-state index in [0.29, 0.717) is 35.2 Å². The molecule has 0 fully saturated rings. The molecule has 1 heterocycles. The lowest BCUT2D eigenvalue weighted by Gasteiger charge is -2.11. The van der Waals surface area contributed by atoms with Crippen molar-refractivity contribution in [1.82, 2.24) is 0 Å². The highest BCUT2D eigenvalue weighted by atomic mass is 32.2. The molecule has 1 aliphatic heterocycles. The van der Waals surface area contributed by atoms with Crippen LogP contribution < -0.4 is 9.47 Å². The molecule has 0 bridgehead atoms. The molecule has 29 heavy (non-hydrogen) atoms. The van der Waals surface area contributed by atoms with E-state index in [1.807, 2.05) is 13.8 Å². The number of nitrogens with zero attached hydrogens (tertiary/aromatic N) is 1. The maximum absolute atomic E-state index is 12.3. The number of aliphatic imine (C=N–C) groups is 1. The normalized spacial score (nSPS) is 16.4. The zero-order valence-corrected chi connectivity index (χ0v) is 17.8. The summed E-state index contributed by atoms with van der Waals surface area (Å²) < 4.78 is 16.2. The van der Waals surface area contributed by atoms with Crippen molar-refractivity contribution in [2.75, 3.05) is 19.8 Å². The van der Waals surface area contributed by atoms with Crippen LogP contribution in [0.15, 0.2) is 39.4 Å². The number of carbonyl (C=O) groups excluding carboxylic acids is 2. The zero-order chi connectivity index (χ0) is 21.4. The van der Waals surface area contributed by atoms with Gasteiger partial charge in [-0.15, -0.1) is 0 Å². The van der Waals surface area contributed by atoms with Crippen LogP contribution in [-0.2, 0) is 14.3 Å². The van der Waals surface area contributed by atoms with E-state index in [2.05, 4.69) is 4.99 Å². The Morgan fingerprint density at radius 1 is 1.10 bits per heavy atom. The molecule has 156 valence electrons. The third-order valence-corrected chi connectivity index (χ3v) is 4.80. The third kappa shape index (κ3) is 5.63. The maximum Gasteiger partial charge on any atom is 0.344 e. The van der Waals surface area contributed by atoms with Crippen molar-refractivity contribution in [2.45, 2.75) is 34.1 Å². The first-order valence-corrected chi connectivity index (χ1v) is 10.3. The maximum atomic E-state index is 12.3. The van der Waals surface area contributed by atoms with E-state index < -0.39 is 5.97 Å². The molecule has 7 nitrogen and oxygen atoms in total. The van der Waals surface area contributed by atoms with Gasteiger partial charge in [-0.25, -0.2) is 9.79 Å². The monoisotopic (exact) mass is 419 g/mol. The number of esters is 1. The van der Waals surface area contributed by atoms with Crippen molar-refractivity contribution in [1.29, 1.82) is 0 Å². The van der Waals surface area contributed by atoms with E-state index in [-0.39, 0.29) is 35.3 Å². The second-order valence-corrected chi connectivity index (χ2v) is 6.82. The van der Waals surface area contributed by atoms with Crippen LogP contribution in [0.2, 0.25) is 0 Å². The lowest BCUT2D eigenvalue weighted by molar-refractivity contribution is -0.138. The predicted molar refractivity (Wildman–Crippen MR) is 113 cm³/mol. The molecular weight excluding hydrogens is 394 g/mol. The van der Waals surface area contributed by atoms with Crippen LogP contribution in [0.5, 0.6) is 11.5 Å². The first kappa shape index (κ1) is 22.5. The third-order valence-electron chi connectivity index (χ3n) is 3.78. The highest BCUT2D eigenvalue weighted by molar-refractivity contribution is 8.18. The van der Waals surface area contributed by atoms with Crippen LogP contribution in [0.4, 0.5) is 0 Å². The van der Waals surface area contributed by atoms with E-state index in [4.69, 9.17) is 14.2 Å². The van der Waals surface area contributed by atoms with Gasteiger partial charge in [-0.05, 0) is 39.0 Å². The Morgan fingerprint density at radius 2 is 1.83 bits per heavy atom. The average molecular weight is 419 g/mol. The highest BCUT2D eigenvalue weighted by Gasteiger charge is 2.33. The van der Waals surface area contributed by atoms with E-state index in [1.54, 1.807) is 38.1 Å². The van der Waals surface area contributed by atoms with E-state index in [0.717, 1.165) is 11.8 Å². The molecule has 0 atom stereocenters. The molecule has 1 aromatic carbocycles. The van der Waals surface area contributed by atoms with Gasteiger partial charge in [0, 0.05) is 18.1 Å². The number of ether oxygens (including phenoxy) is 3. The summed E-state index contributed by atoms with van der Waals surface area (Å²) in [7, 11) is 0. The molecule has 0 saturated heterocycles. The fourth-order valence-electron chi connectivity index (χ4n) is 2.50. The Bertz CT molecular complexity index is 872. The fourth-order valence-corrected chi connectivity index (χ4v) is 3.52.